The summed E-state index contributed by atoms with van der Waals surface area (Å²) >= 11 is 0. The summed E-state index contributed by atoms with van der Waals surface area (Å²) in [5.41, 5.74) is 0. The maximum atomic E-state index is 12.0. The van der Waals surface area contributed by atoms with Crippen LogP contribution in [0.15, 0.2) is 28.7 Å². The van der Waals surface area contributed by atoms with Crippen molar-refractivity contribution in [3.05, 3.63) is 35.8 Å². The fraction of sp³-hybridized carbons (Fsp3) is 0.385. The number of carbonyl (C=O) groups excluding carboxylic acids is 1. The molecule has 0 saturated carbocycles. The van der Waals surface area contributed by atoms with Gasteiger partial charge < -0.3 is 14.4 Å². The first-order chi connectivity index (χ1) is 8.66. The normalized spacial score (nSPS) is 15.4. The van der Waals surface area contributed by atoms with Crippen molar-refractivity contribution in [3.63, 3.8) is 0 Å². The Labute approximate surface area is 105 Å². The molecule has 1 fully saturated rings. The monoisotopic (exact) mass is 249 g/mol. The zero-order valence-corrected chi connectivity index (χ0v) is 9.96. The topological polar surface area (TPSA) is 70.8 Å². The van der Waals surface area contributed by atoms with Crippen LogP contribution in [0.4, 0.5) is 0 Å². The number of allylic oxidation sites excluding steroid dienone is 1. The number of likely N-dealkylation sites (tertiary alicyclic amines) is 1. The van der Waals surface area contributed by atoms with Crippen LogP contribution in [0.5, 0.6) is 0 Å². The van der Waals surface area contributed by atoms with E-state index in [0.29, 0.717) is 17.9 Å². The number of hydrogen-bond donors (Lipinski definition) is 1. The minimum atomic E-state index is -0.991. The Morgan fingerprint density at radius 3 is 2.72 bits per heavy atom. The summed E-state index contributed by atoms with van der Waals surface area (Å²) in [4.78, 5) is 24.0. The van der Waals surface area contributed by atoms with Crippen molar-refractivity contribution >= 4 is 11.9 Å². The molecule has 0 aromatic carbocycles. The molecule has 0 spiro atoms. The third-order valence-corrected chi connectivity index (χ3v) is 2.85. The predicted octanol–water partition coefficient (Wildman–Crippen LogP) is 1.70. The second-order valence-electron chi connectivity index (χ2n) is 4.21. The summed E-state index contributed by atoms with van der Waals surface area (Å²) < 4.78 is 5.40. The highest BCUT2D eigenvalue weighted by atomic mass is 16.4. The van der Waals surface area contributed by atoms with Crippen molar-refractivity contribution in [2.24, 2.45) is 0 Å². The number of carboxylic acid groups (broad SMARTS) is 1. The smallest absolute Gasteiger partial charge is 0.327 e. The largest absolute Gasteiger partial charge is 0.478 e. The second-order valence-corrected chi connectivity index (χ2v) is 4.21. The quantitative estimate of drug-likeness (QED) is 0.824. The van der Waals surface area contributed by atoms with E-state index >= 15 is 0 Å². The van der Waals surface area contributed by atoms with Crippen molar-refractivity contribution in [3.8, 4) is 0 Å². The summed E-state index contributed by atoms with van der Waals surface area (Å²) in [6.45, 7) is 1.57. The van der Waals surface area contributed by atoms with Crippen molar-refractivity contribution in [1.29, 1.82) is 0 Å². The van der Waals surface area contributed by atoms with Crippen LogP contribution in [0.1, 0.15) is 29.2 Å². The molecule has 1 aliphatic heterocycles. The molecule has 96 valence electrons. The van der Waals surface area contributed by atoms with Crippen molar-refractivity contribution in [2.45, 2.75) is 19.3 Å². The Morgan fingerprint density at radius 1 is 1.33 bits per heavy atom. The predicted molar refractivity (Wildman–Crippen MR) is 64.3 cm³/mol. The van der Waals surface area contributed by atoms with E-state index in [4.69, 9.17) is 9.52 Å². The first kappa shape index (κ1) is 12.4. The van der Waals surface area contributed by atoms with Gasteiger partial charge >= 0.3 is 5.97 Å². The molecule has 1 aromatic heterocycles. The van der Waals surface area contributed by atoms with Gasteiger partial charge in [0.25, 0.3) is 5.91 Å². The molecule has 1 amide bonds. The van der Waals surface area contributed by atoms with Gasteiger partial charge in [-0.05, 0) is 25.0 Å². The van der Waals surface area contributed by atoms with E-state index in [1.54, 1.807) is 17.0 Å². The van der Waals surface area contributed by atoms with Gasteiger partial charge in [-0.3, -0.25) is 4.79 Å². The van der Waals surface area contributed by atoms with Crippen LogP contribution >= 0.6 is 0 Å². The SMILES string of the molecule is O=C(O)/C=C/Cc1ccc(C(=O)N2CCCC2)o1. The Kier molecular flexibility index (Phi) is 3.82. The van der Waals surface area contributed by atoms with Gasteiger partial charge in [0.15, 0.2) is 5.76 Å². The third-order valence-electron chi connectivity index (χ3n) is 2.85. The van der Waals surface area contributed by atoms with E-state index in [0.717, 1.165) is 32.0 Å². The van der Waals surface area contributed by atoms with Gasteiger partial charge in [0.1, 0.15) is 5.76 Å². The van der Waals surface area contributed by atoms with Gasteiger partial charge in [-0.25, -0.2) is 4.79 Å². The molecule has 0 radical (unpaired) electrons. The first-order valence-electron chi connectivity index (χ1n) is 5.94. The number of amides is 1. The van der Waals surface area contributed by atoms with E-state index in [1.807, 2.05) is 0 Å². The molecule has 0 unspecified atom stereocenters. The highest BCUT2D eigenvalue weighted by molar-refractivity contribution is 5.91. The molecule has 1 aromatic rings. The van der Waals surface area contributed by atoms with E-state index in [2.05, 4.69) is 0 Å². The van der Waals surface area contributed by atoms with Crippen molar-refractivity contribution in [1.82, 2.24) is 4.90 Å². The number of aliphatic carboxylic acids is 1. The number of carbonyl (C=O) groups is 2. The van der Waals surface area contributed by atoms with E-state index in [1.165, 1.54) is 6.08 Å². The molecular formula is C13H15NO4. The lowest BCUT2D eigenvalue weighted by Gasteiger charge is -2.12. The molecule has 0 atom stereocenters. The molecule has 18 heavy (non-hydrogen) atoms. The van der Waals surface area contributed by atoms with E-state index < -0.39 is 5.97 Å². The molecule has 0 bridgehead atoms. The lowest BCUT2D eigenvalue weighted by molar-refractivity contribution is -0.131. The molecule has 5 heteroatoms. The average molecular weight is 249 g/mol. The van der Waals surface area contributed by atoms with Crippen LogP contribution in [0.3, 0.4) is 0 Å². The van der Waals surface area contributed by atoms with Gasteiger partial charge in [0.05, 0.1) is 0 Å². The van der Waals surface area contributed by atoms with Crippen LogP contribution in [0, 0.1) is 0 Å². The number of furan rings is 1. The highest BCUT2D eigenvalue weighted by Crippen LogP contribution is 2.15. The second kappa shape index (κ2) is 5.53. The van der Waals surface area contributed by atoms with Gasteiger partial charge in [-0.15, -0.1) is 0 Å². The first-order valence-corrected chi connectivity index (χ1v) is 5.94. The van der Waals surface area contributed by atoms with E-state index in [-0.39, 0.29) is 5.91 Å². The molecule has 0 aliphatic carbocycles. The fourth-order valence-corrected chi connectivity index (χ4v) is 1.95. The zero-order chi connectivity index (χ0) is 13.0. The molecule has 5 nitrogen and oxygen atoms in total. The molecule has 1 aliphatic rings. The van der Waals surface area contributed by atoms with Gasteiger partial charge in [0, 0.05) is 25.6 Å². The molecule has 1 saturated heterocycles. The van der Waals surface area contributed by atoms with E-state index in [9.17, 15) is 9.59 Å². The van der Waals surface area contributed by atoms with Gasteiger partial charge in [-0.1, -0.05) is 6.08 Å². The zero-order valence-electron chi connectivity index (χ0n) is 9.96. The number of rotatable bonds is 4. The Morgan fingerprint density at radius 2 is 2.06 bits per heavy atom. The van der Waals surface area contributed by atoms with Gasteiger partial charge in [-0.2, -0.15) is 0 Å². The molecule has 1 N–H and O–H groups in total. The summed E-state index contributed by atoms with van der Waals surface area (Å²) in [6.07, 6.45) is 5.01. The lowest BCUT2D eigenvalue weighted by Crippen LogP contribution is -2.27. The highest BCUT2D eigenvalue weighted by Gasteiger charge is 2.21. The van der Waals surface area contributed by atoms with Crippen LogP contribution in [0.2, 0.25) is 0 Å². The van der Waals surface area contributed by atoms with Crippen LogP contribution in [-0.2, 0) is 11.2 Å². The molecule has 2 rings (SSSR count). The van der Waals surface area contributed by atoms with Crippen molar-refractivity contribution in [2.75, 3.05) is 13.1 Å². The summed E-state index contributed by atoms with van der Waals surface area (Å²) in [5.74, 6) is -0.151. The number of nitrogens with zero attached hydrogens (tertiary/aromatic N) is 1. The summed E-state index contributed by atoms with van der Waals surface area (Å²) in [6, 6.07) is 3.35. The minimum Gasteiger partial charge on any atom is -0.478 e. The van der Waals surface area contributed by atoms with Crippen LogP contribution < -0.4 is 0 Å². The Balaban J connectivity index is 1.96. The number of carboxylic acids is 1. The van der Waals surface area contributed by atoms with Crippen molar-refractivity contribution < 1.29 is 19.1 Å². The third kappa shape index (κ3) is 3.00. The molecule has 2 heterocycles. The summed E-state index contributed by atoms with van der Waals surface area (Å²) in [5, 5.41) is 8.45. The van der Waals surface area contributed by atoms with Crippen LogP contribution in [-0.4, -0.2) is 35.0 Å². The number of hydrogen-bond acceptors (Lipinski definition) is 3. The average Bonchev–Trinajstić information content (AvgIpc) is 2.99. The minimum absolute atomic E-state index is 0.0824. The standard InChI is InChI=1S/C13H15NO4/c15-12(16)5-3-4-10-6-7-11(18-10)13(17)14-8-1-2-9-14/h3,5-7H,1-2,4,8-9H2,(H,15,16)/b5-3+. The maximum Gasteiger partial charge on any atom is 0.327 e. The summed E-state index contributed by atoms with van der Waals surface area (Å²) in [7, 11) is 0. The van der Waals surface area contributed by atoms with Crippen LogP contribution in [0.25, 0.3) is 0 Å². The lowest BCUT2D eigenvalue weighted by atomic mass is 10.3. The maximum absolute atomic E-state index is 12.0. The molecular weight excluding hydrogens is 234 g/mol. The van der Waals surface area contributed by atoms with Gasteiger partial charge in [0.2, 0.25) is 0 Å². The Bertz CT molecular complexity index is 469. The fourth-order valence-electron chi connectivity index (χ4n) is 1.95. The Hall–Kier alpha value is -2.04.